The number of halogens is 1. The molecule has 0 radical (unpaired) electrons. The second-order valence-electron chi connectivity index (χ2n) is 8.83. The Morgan fingerprint density at radius 1 is 1.14 bits per heavy atom. The zero-order chi connectivity index (χ0) is 23.6. The van der Waals surface area contributed by atoms with Crippen LogP contribution in [-0.4, -0.2) is 58.3 Å². The van der Waals surface area contributed by atoms with Gasteiger partial charge in [-0.2, -0.15) is 10.1 Å². The molecule has 0 aliphatic carbocycles. The van der Waals surface area contributed by atoms with E-state index >= 15 is 0 Å². The molecule has 0 saturated carbocycles. The first-order valence-corrected chi connectivity index (χ1v) is 12.3. The fraction of sp³-hybridized carbons (Fsp3) is 0.400. The van der Waals surface area contributed by atoms with Gasteiger partial charge in [0.05, 0.1) is 32.3 Å². The van der Waals surface area contributed by atoms with Crippen LogP contribution in [0.3, 0.4) is 0 Å². The van der Waals surface area contributed by atoms with Gasteiger partial charge >= 0.3 is 0 Å². The Morgan fingerprint density at radius 3 is 2.91 bits per heavy atom. The van der Waals surface area contributed by atoms with Gasteiger partial charge in [-0.1, -0.05) is 23.7 Å². The minimum absolute atomic E-state index is 0.303. The summed E-state index contributed by atoms with van der Waals surface area (Å²) >= 11 is 6.29. The Morgan fingerprint density at radius 2 is 2.09 bits per heavy atom. The quantitative estimate of drug-likeness (QED) is 0.474. The summed E-state index contributed by atoms with van der Waals surface area (Å²) in [5, 5.41) is 7.40. The summed E-state index contributed by atoms with van der Waals surface area (Å²) in [6, 6.07) is 9.62. The third-order valence-electron chi connectivity index (χ3n) is 6.53. The molecule has 3 aliphatic rings. The van der Waals surface area contributed by atoms with Gasteiger partial charge < -0.3 is 23.7 Å². The lowest BCUT2D eigenvalue weighted by Crippen LogP contribution is -2.38. The predicted octanol–water partition coefficient (Wildman–Crippen LogP) is 3.50. The molecule has 1 atom stereocenters. The van der Waals surface area contributed by atoms with Gasteiger partial charge in [0.2, 0.25) is 5.88 Å². The van der Waals surface area contributed by atoms with Gasteiger partial charge in [-0.15, -0.1) is 0 Å². The van der Waals surface area contributed by atoms with Crippen LogP contribution in [0.2, 0.25) is 5.02 Å². The van der Waals surface area contributed by atoms with E-state index in [-0.39, 0.29) is 0 Å². The third-order valence-corrected chi connectivity index (χ3v) is 6.89. The summed E-state index contributed by atoms with van der Waals surface area (Å²) in [7, 11) is 0. The highest BCUT2D eigenvalue weighted by atomic mass is 35.5. The summed E-state index contributed by atoms with van der Waals surface area (Å²) < 4.78 is 19.5. The van der Waals surface area contributed by atoms with Crippen molar-refractivity contribution >= 4 is 23.8 Å². The highest BCUT2D eigenvalue weighted by molar-refractivity contribution is 6.31. The van der Waals surface area contributed by atoms with Crippen LogP contribution in [0, 0.1) is 0 Å². The second-order valence-corrected chi connectivity index (χ2v) is 9.23. The normalized spacial score (nSPS) is 18.8. The van der Waals surface area contributed by atoms with Crippen LogP contribution in [-0.2, 0) is 30.9 Å². The maximum absolute atomic E-state index is 6.29. The molecule has 3 aromatic rings. The number of aromatic nitrogens is 3. The summed E-state index contributed by atoms with van der Waals surface area (Å²) in [6.45, 7) is 4.93. The fourth-order valence-electron chi connectivity index (χ4n) is 4.47. The molecule has 1 fully saturated rings. The van der Waals surface area contributed by atoms with Crippen molar-refractivity contribution in [1.82, 2.24) is 19.5 Å². The van der Waals surface area contributed by atoms with Gasteiger partial charge in [0.25, 0.3) is 0 Å². The lowest BCUT2D eigenvalue weighted by molar-refractivity contribution is -0.0597. The summed E-state index contributed by atoms with van der Waals surface area (Å²) in [5.41, 5.74) is 2.04. The van der Waals surface area contributed by atoms with E-state index in [0.717, 1.165) is 72.6 Å². The molecular formula is C25H27ClN6O3. The number of hydrogen-bond acceptors (Lipinski definition) is 8. The van der Waals surface area contributed by atoms with Crippen molar-refractivity contribution in [1.29, 1.82) is 0 Å². The molecule has 1 aromatic carbocycles. The van der Waals surface area contributed by atoms with Crippen molar-refractivity contribution in [2.45, 2.75) is 38.6 Å². The number of anilines is 1. The highest BCUT2D eigenvalue weighted by Crippen LogP contribution is 2.35. The van der Waals surface area contributed by atoms with E-state index in [9.17, 15) is 0 Å². The molecule has 5 heterocycles. The maximum atomic E-state index is 6.29. The van der Waals surface area contributed by atoms with Gasteiger partial charge in [-0.05, 0) is 18.6 Å². The number of pyridine rings is 1. The molecule has 6 rings (SSSR count). The van der Waals surface area contributed by atoms with Crippen molar-refractivity contribution in [3.63, 3.8) is 0 Å². The van der Waals surface area contributed by atoms with Crippen LogP contribution in [0.15, 0.2) is 47.8 Å². The number of rotatable bonds is 8. The van der Waals surface area contributed by atoms with Gasteiger partial charge in [0.15, 0.2) is 0 Å². The largest absolute Gasteiger partial charge is 0.492 e. The lowest BCUT2D eigenvalue weighted by Gasteiger charge is -2.30. The molecular weight excluding hydrogens is 468 g/mol. The molecule has 0 unspecified atom stereocenters. The Hall–Kier alpha value is -3.30. The van der Waals surface area contributed by atoms with Crippen LogP contribution in [0.1, 0.15) is 23.4 Å². The first-order valence-electron chi connectivity index (χ1n) is 11.9. The summed E-state index contributed by atoms with van der Waals surface area (Å²) in [5.74, 6) is 3.20. The molecule has 0 N–H and O–H groups in total. The van der Waals surface area contributed by atoms with Gasteiger partial charge in [0.1, 0.15) is 30.3 Å². The number of nitrogens with zero attached hydrogens (tertiary/aromatic N) is 6. The minimum atomic E-state index is 0.303. The molecule has 1 saturated heterocycles. The van der Waals surface area contributed by atoms with Crippen molar-refractivity contribution < 1.29 is 14.2 Å². The summed E-state index contributed by atoms with van der Waals surface area (Å²) in [4.78, 5) is 11.2. The third kappa shape index (κ3) is 4.78. The van der Waals surface area contributed by atoms with E-state index in [2.05, 4.69) is 19.6 Å². The predicted molar refractivity (Wildman–Crippen MR) is 132 cm³/mol. The van der Waals surface area contributed by atoms with Gasteiger partial charge in [-0.3, -0.25) is 5.01 Å². The zero-order valence-corrected chi connectivity index (χ0v) is 20.1. The Balaban J connectivity index is 1.07. The average Bonchev–Trinajstić information content (AvgIpc) is 3.52. The number of ether oxygens (including phenoxy) is 3. The highest BCUT2D eigenvalue weighted by Gasteiger charge is 2.22. The topological polar surface area (TPSA) is 77.2 Å². The second kappa shape index (κ2) is 9.75. The molecule has 35 heavy (non-hydrogen) atoms. The smallest absolute Gasteiger partial charge is 0.215 e. The number of hydrogen-bond donors (Lipinski definition) is 0. The molecule has 2 aromatic heterocycles. The van der Waals surface area contributed by atoms with Crippen molar-refractivity contribution in [2.24, 2.45) is 5.10 Å². The van der Waals surface area contributed by atoms with Crippen LogP contribution < -0.4 is 14.4 Å². The molecule has 0 spiro atoms. The number of fused-ring (bicyclic) bond motifs is 1. The first-order chi connectivity index (χ1) is 17.2. The van der Waals surface area contributed by atoms with E-state index < -0.39 is 0 Å². The van der Waals surface area contributed by atoms with Gasteiger partial charge in [-0.25, -0.2) is 4.98 Å². The fourth-order valence-corrected chi connectivity index (χ4v) is 4.71. The summed E-state index contributed by atoms with van der Waals surface area (Å²) in [6.07, 6.45) is 7.91. The van der Waals surface area contributed by atoms with E-state index in [0.29, 0.717) is 31.7 Å². The van der Waals surface area contributed by atoms with E-state index in [1.54, 1.807) is 0 Å². The average molecular weight is 495 g/mol. The molecule has 182 valence electrons. The molecule has 0 amide bonds. The van der Waals surface area contributed by atoms with Crippen LogP contribution in [0.25, 0.3) is 0 Å². The standard InChI is InChI=1S/C25H27ClN6O3/c26-21-5-4-18(25-20(21)7-13-34-25)16-35-24-3-1-2-22(29-24)31-10-11-32(28-17-31)15-23-27-8-9-30(23)14-19-6-12-33-19/h1-5,8-9,17,19H,6-7,10-16H2/t19-/m0/s1. The molecule has 10 heteroatoms. The minimum Gasteiger partial charge on any atom is -0.492 e. The first kappa shape index (κ1) is 22.2. The maximum Gasteiger partial charge on any atom is 0.215 e. The molecule has 3 aliphatic heterocycles. The molecule has 0 bridgehead atoms. The number of hydrazone groups is 1. The van der Waals surface area contributed by atoms with Crippen molar-refractivity contribution in [3.8, 4) is 11.6 Å². The monoisotopic (exact) mass is 494 g/mol. The van der Waals surface area contributed by atoms with E-state index in [1.165, 1.54) is 0 Å². The van der Waals surface area contributed by atoms with Crippen LogP contribution >= 0.6 is 11.6 Å². The van der Waals surface area contributed by atoms with Gasteiger partial charge in [0, 0.05) is 54.2 Å². The number of benzene rings is 1. The van der Waals surface area contributed by atoms with Crippen molar-refractivity contribution in [3.05, 3.63) is 64.7 Å². The van der Waals surface area contributed by atoms with E-state index in [4.69, 9.17) is 25.8 Å². The Labute approximate surface area is 208 Å². The Bertz CT molecular complexity index is 1230. The molecule has 9 nitrogen and oxygen atoms in total. The number of imidazole rings is 1. The van der Waals surface area contributed by atoms with Crippen LogP contribution in [0.5, 0.6) is 11.6 Å². The van der Waals surface area contributed by atoms with Crippen LogP contribution in [0.4, 0.5) is 5.82 Å². The van der Waals surface area contributed by atoms with Crippen molar-refractivity contribution in [2.75, 3.05) is 31.2 Å². The SMILES string of the molecule is Clc1ccc(COc2cccc(N3C=NN(Cc4nccn4C[C@@H]4CCO4)CC3)n2)c2c1CCO2. The lowest BCUT2D eigenvalue weighted by atomic mass is 10.1. The zero-order valence-electron chi connectivity index (χ0n) is 19.3. The Kier molecular flexibility index (Phi) is 6.18. The van der Waals surface area contributed by atoms with E-state index in [1.807, 2.05) is 59.0 Å².